The van der Waals surface area contributed by atoms with Crippen molar-refractivity contribution in [2.24, 2.45) is 4.40 Å². The average molecular weight is 404 g/mol. The van der Waals surface area contributed by atoms with E-state index in [0.717, 1.165) is 24.0 Å². The van der Waals surface area contributed by atoms with Crippen molar-refractivity contribution in [3.63, 3.8) is 0 Å². The molecule has 7 heteroatoms. The lowest BCUT2D eigenvalue weighted by atomic mass is 9.89. The predicted octanol–water partition coefficient (Wildman–Crippen LogP) is 4.95. The number of carbonyl (C=O) groups excluding carboxylic acids is 1. The molecule has 0 fully saturated rings. The van der Waals surface area contributed by atoms with Gasteiger partial charge < -0.3 is 9.47 Å². The summed E-state index contributed by atoms with van der Waals surface area (Å²) in [7, 11) is -0.502. The largest absolute Gasteiger partial charge is 0.497 e. The lowest BCUT2D eigenvalue weighted by Crippen LogP contribution is -2.15. The van der Waals surface area contributed by atoms with Crippen LogP contribution in [0.2, 0.25) is 0 Å². The highest BCUT2D eigenvalue weighted by Crippen LogP contribution is 2.54. The lowest BCUT2D eigenvalue weighted by molar-refractivity contribution is 0.0600. The fraction of sp³-hybridized carbons (Fsp3) is 0.333. The van der Waals surface area contributed by atoms with Crippen LogP contribution in [-0.2, 0) is 11.2 Å². The number of esters is 1. The predicted molar refractivity (Wildman–Crippen MR) is 111 cm³/mol. The Morgan fingerprint density at radius 3 is 2.36 bits per heavy atom. The van der Waals surface area contributed by atoms with Crippen molar-refractivity contribution < 1.29 is 23.4 Å². The summed E-state index contributed by atoms with van der Waals surface area (Å²) in [5.41, 5.74) is 4.25. The topological polar surface area (TPSA) is 88.4 Å². The van der Waals surface area contributed by atoms with Crippen LogP contribution in [0.4, 0.5) is 0 Å². The van der Waals surface area contributed by atoms with E-state index < -0.39 is 16.7 Å². The number of nitrogens with zero attached hydrogens (tertiary/aromatic N) is 1. The number of aryl methyl sites for hydroxylation is 3. The summed E-state index contributed by atoms with van der Waals surface area (Å²) < 4.78 is 36.3. The summed E-state index contributed by atoms with van der Waals surface area (Å²) in [6.45, 7) is 3.62. The molecule has 0 unspecified atom stereocenters. The number of fused-ring (bicyclic) bond motifs is 1. The van der Waals surface area contributed by atoms with Gasteiger partial charge in [0.25, 0.3) is 0 Å². The Balaban J connectivity index is 2.08. The summed E-state index contributed by atoms with van der Waals surface area (Å²) in [6.07, 6.45) is 2.33. The monoisotopic (exact) mass is 403 g/mol. The number of rotatable bonds is 4. The first kappa shape index (κ1) is 20.4. The molecule has 2 N–H and O–H groups in total. The molecule has 28 heavy (non-hydrogen) atoms. The number of methoxy groups -OCH3 is 2. The van der Waals surface area contributed by atoms with E-state index in [9.17, 15) is 13.9 Å². The first-order chi connectivity index (χ1) is 13.3. The SMILES string of the molecule is COC(=O)c1ccc2c(c1)C(=NS(O)(O)c1c(C)cc(OC)cc1C)CCC2. The van der Waals surface area contributed by atoms with Gasteiger partial charge in [-0.05, 0) is 74.1 Å². The van der Waals surface area contributed by atoms with Crippen LogP contribution in [0, 0.1) is 13.8 Å². The maximum absolute atomic E-state index is 11.9. The zero-order valence-corrected chi connectivity index (χ0v) is 17.3. The maximum Gasteiger partial charge on any atom is 0.337 e. The minimum absolute atomic E-state index is 0.414. The fourth-order valence-electron chi connectivity index (χ4n) is 3.64. The second-order valence-corrected chi connectivity index (χ2v) is 8.49. The fourth-order valence-corrected chi connectivity index (χ4v) is 5.21. The summed E-state index contributed by atoms with van der Waals surface area (Å²) in [6, 6.07) is 8.86. The van der Waals surface area contributed by atoms with Gasteiger partial charge >= 0.3 is 5.97 Å². The second-order valence-electron chi connectivity index (χ2n) is 6.86. The smallest absolute Gasteiger partial charge is 0.337 e. The van der Waals surface area contributed by atoms with Crippen LogP contribution in [0.15, 0.2) is 39.6 Å². The molecule has 1 aliphatic carbocycles. The van der Waals surface area contributed by atoms with Gasteiger partial charge in [-0.15, -0.1) is 0 Å². The van der Waals surface area contributed by atoms with Crippen LogP contribution < -0.4 is 4.74 Å². The molecule has 2 aromatic carbocycles. The van der Waals surface area contributed by atoms with Gasteiger partial charge in [0.1, 0.15) is 5.75 Å². The first-order valence-corrected chi connectivity index (χ1v) is 10.5. The highest BCUT2D eigenvalue weighted by atomic mass is 32.3. The summed E-state index contributed by atoms with van der Waals surface area (Å²) >= 11 is 0. The van der Waals surface area contributed by atoms with Crippen LogP contribution in [0.25, 0.3) is 0 Å². The van der Waals surface area contributed by atoms with Gasteiger partial charge in [0.2, 0.25) is 0 Å². The molecule has 0 saturated heterocycles. The molecular formula is C21H25NO5S. The van der Waals surface area contributed by atoms with Gasteiger partial charge in [0, 0.05) is 5.56 Å². The highest BCUT2D eigenvalue weighted by Gasteiger charge is 2.25. The van der Waals surface area contributed by atoms with Crippen molar-refractivity contribution in [3.05, 3.63) is 58.1 Å². The molecule has 6 nitrogen and oxygen atoms in total. The van der Waals surface area contributed by atoms with Crippen LogP contribution in [0.5, 0.6) is 5.75 Å². The number of hydrogen-bond acceptors (Lipinski definition) is 6. The van der Waals surface area contributed by atoms with E-state index in [2.05, 4.69) is 4.40 Å². The van der Waals surface area contributed by atoms with Gasteiger partial charge in [0.15, 0.2) is 0 Å². The van der Waals surface area contributed by atoms with Gasteiger partial charge in [-0.3, -0.25) is 9.11 Å². The number of hydrogen-bond donors (Lipinski definition) is 2. The van der Waals surface area contributed by atoms with Crippen molar-refractivity contribution in [2.75, 3.05) is 14.2 Å². The van der Waals surface area contributed by atoms with E-state index in [0.29, 0.717) is 39.5 Å². The molecule has 0 aliphatic heterocycles. The van der Waals surface area contributed by atoms with Crippen molar-refractivity contribution in [1.29, 1.82) is 0 Å². The lowest BCUT2D eigenvalue weighted by Gasteiger charge is -2.32. The average Bonchev–Trinajstić information content (AvgIpc) is 2.66. The van der Waals surface area contributed by atoms with Gasteiger partial charge in [-0.2, -0.15) is 4.40 Å². The van der Waals surface area contributed by atoms with Gasteiger partial charge in [0.05, 0.1) is 30.4 Å². The Morgan fingerprint density at radius 1 is 1.07 bits per heavy atom. The second kappa shape index (κ2) is 7.95. The zero-order chi connectivity index (χ0) is 20.5. The minimum atomic E-state index is -3.41. The van der Waals surface area contributed by atoms with Crippen LogP contribution in [0.1, 0.15) is 45.5 Å². The standard InChI is InChI=1S/C21H25NO5S/c1-13-10-17(26-3)11-14(2)20(13)28(24,25)22-19-7-5-6-15-8-9-16(12-18(15)19)21(23)27-4/h8-12,24-25H,5-7H2,1-4H3. The van der Waals surface area contributed by atoms with E-state index in [-0.39, 0.29) is 0 Å². The quantitative estimate of drug-likeness (QED) is 0.705. The van der Waals surface area contributed by atoms with E-state index in [1.807, 2.05) is 19.9 Å². The Hall–Kier alpha value is -2.35. The van der Waals surface area contributed by atoms with Gasteiger partial charge in [-0.1, -0.05) is 16.8 Å². The van der Waals surface area contributed by atoms with Crippen molar-refractivity contribution in [1.82, 2.24) is 0 Å². The molecular weight excluding hydrogens is 378 g/mol. The molecule has 3 rings (SSSR count). The summed E-state index contributed by atoms with van der Waals surface area (Å²) in [5, 5.41) is 0. The Morgan fingerprint density at radius 2 is 1.75 bits per heavy atom. The Kier molecular flexibility index (Phi) is 5.79. The molecule has 0 radical (unpaired) electrons. The molecule has 0 saturated carbocycles. The summed E-state index contributed by atoms with van der Waals surface area (Å²) in [5.74, 6) is 0.230. The molecule has 0 spiro atoms. The molecule has 0 atom stereocenters. The Labute approximate surface area is 166 Å². The van der Waals surface area contributed by atoms with Crippen LogP contribution >= 0.6 is 10.8 Å². The first-order valence-electron chi connectivity index (χ1n) is 9.00. The van der Waals surface area contributed by atoms with Crippen LogP contribution in [0.3, 0.4) is 0 Å². The minimum Gasteiger partial charge on any atom is -0.497 e. The third kappa shape index (κ3) is 3.92. The molecule has 1 aliphatic rings. The van der Waals surface area contributed by atoms with E-state index >= 15 is 0 Å². The van der Waals surface area contributed by atoms with Gasteiger partial charge in [-0.25, -0.2) is 4.79 Å². The normalized spacial score (nSPS) is 15.9. The molecule has 0 amide bonds. The van der Waals surface area contributed by atoms with Crippen molar-refractivity contribution in [3.8, 4) is 5.75 Å². The number of carbonyl (C=O) groups is 1. The molecule has 0 aromatic heterocycles. The maximum atomic E-state index is 11.9. The van der Waals surface area contributed by atoms with Crippen molar-refractivity contribution in [2.45, 2.75) is 38.0 Å². The van der Waals surface area contributed by atoms with E-state index in [4.69, 9.17) is 9.47 Å². The molecule has 0 heterocycles. The number of ether oxygens (including phenoxy) is 2. The highest BCUT2D eigenvalue weighted by molar-refractivity contribution is 8.23. The third-order valence-corrected chi connectivity index (χ3v) is 6.55. The third-order valence-electron chi connectivity index (χ3n) is 4.88. The van der Waals surface area contributed by atoms with Crippen LogP contribution in [-0.4, -0.2) is 35.0 Å². The van der Waals surface area contributed by atoms with E-state index in [1.54, 1.807) is 31.4 Å². The summed E-state index contributed by atoms with van der Waals surface area (Å²) in [4.78, 5) is 12.3. The molecule has 0 bridgehead atoms. The van der Waals surface area contributed by atoms with Crippen molar-refractivity contribution >= 4 is 22.5 Å². The van der Waals surface area contributed by atoms with E-state index in [1.165, 1.54) is 7.11 Å². The molecule has 2 aromatic rings. The molecule has 150 valence electrons. The number of benzene rings is 2. The zero-order valence-electron chi connectivity index (χ0n) is 16.5. The Bertz CT molecular complexity index is 929.